The Hall–Kier alpha value is -1.58. The molecule has 0 bridgehead atoms. The second-order valence-electron chi connectivity index (χ2n) is 4.16. The molecule has 0 radical (unpaired) electrons. The molecular weight excluding hydrogens is 248 g/mol. The van der Waals surface area contributed by atoms with E-state index in [-0.39, 0.29) is 6.04 Å². The summed E-state index contributed by atoms with van der Waals surface area (Å²) in [5, 5.41) is 10.9. The molecule has 1 saturated heterocycles. The molecule has 3 rings (SSSR count). The van der Waals surface area contributed by atoms with Crippen molar-refractivity contribution in [3.63, 3.8) is 0 Å². The lowest BCUT2D eigenvalue weighted by Gasteiger charge is -2.12. The van der Waals surface area contributed by atoms with Crippen molar-refractivity contribution in [1.29, 1.82) is 5.26 Å². The van der Waals surface area contributed by atoms with Crippen LogP contribution in [0.4, 0.5) is 0 Å². The molecule has 1 aliphatic rings. The number of ether oxygens (including phenoxy) is 1. The summed E-state index contributed by atoms with van der Waals surface area (Å²) >= 11 is 1.50. The summed E-state index contributed by atoms with van der Waals surface area (Å²) in [6.45, 7) is 1.40. The van der Waals surface area contributed by atoms with Gasteiger partial charge in [-0.1, -0.05) is 11.8 Å². The molecule has 0 aliphatic carbocycles. The first-order valence-corrected chi connectivity index (χ1v) is 6.96. The van der Waals surface area contributed by atoms with Crippen molar-refractivity contribution in [1.82, 2.24) is 14.5 Å². The smallest absolute Gasteiger partial charge is 0.189 e. The quantitative estimate of drug-likeness (QED) is 0.610. The van der Waals surface area contributed by atoms with Crippen LogP contribution in [-0.2, 0) is 4.74 Å². The van der Waals surface area contributed by atoms with E-state index in [2.05, 4.69) is 16.0 Å². The van der Waals surface area contributed by atoms with Crippen molar-refractivity contribution >= 4 is 22.8 Å². The predicted molar refractivity (Wildman–Crippen MR) is 68.5 cm³/mol. The Morgan fingerprint density at radius 2 is 2.50 bits per heavy atom. The number of nitrogens with zero attached hydrogens (tertiary/aromatic N) is 4. The normalized spacial score (nSPS) is 19.2. The van der Waals surface area contributed by atoms with Gasteiger partial charge >= 0.3 is 0 Å². The average molecular weight is 260 g/mol. The molecule has 2 aromatic rings. The van der Waals surface area contributed by atoms with Gasteiger partial charge in [0.25, 0.3) is 0 Å². The van der Waals surface area contributed by atoms with Crippen molar-refractivity contribution in [3.05, 3.63) is 18.0 Å². The van der Waals surface area contributed by atoms with E-state index in [0.29, 0.717) is 12.3 Å². The van der Waals surface area contributed by atoms with Gasteiger partial charge in [-0.25, -0.2) is 9.97 Å². The summed E-state index contributed by atoms with van der Waals surface area (Å²) in [5.41, 5.74) is 1.47. The number of rotatable bonds is 2. The van der Waals surface area contributed by atoms with Gasteiger partial charge < -0.3 is 9.30 Å². The highest BCUT2D eigenvalue weighted by molar-refractivity contribution is 7.98. The van der Waals surface area contributed by atoms with Gasteiger partial charge in [0.2, 0.25) is 0 Å². The van der Waals surface area contributed by atoms with Gasteiger partial charge in [-0.15, -0.1) is 0 Å². The SMILES string of the molecule is CSc1ncc2cc(C#N)n([C@@H]3CCOC3)c2n1. The minimum Gasteiger partial charge on any atom is -0.379 e. The van der Waals surface area contributed by atoms with Crippen LogP contribution in [-0.4, -0.2) is 34.0 Å². The van der Waals surface area contributed by atoms with E-state index in [0.717, 1.165) is 29.2 Å². The Balaban J connectivity index is 2.21. The molecule has 92 valence electrons. The summed E-state index contributed by atoms with van der Waals surface area (Å²) < 4.78 is 7.40. The molecule has 18 heavy (non-hydrogen) atoms. The number of thioether (sulfide) groups is 1. The largest absolute Gasteiger partial charge is 0.379 e. The maximum Gasteiger partial charge on any atom is 0.189 e. The minimum absolute atomic E-state index is 0.210. The zero-order valence-electron chi connectivity index (χ0n) is 9.96. The van der Waals surface area contributed by atoms with E-state index < -0.39 is 0 Å². The van der Waals surface area contributed by atoms with Gasteiger partial charge in [0.05, 0.1) is 12.6 Å². The summed E-state index contributed by atoms with van der Waals surface area (Å²) in [4.78, 5) is 8.75. The van der Waals surface area contributed by atoms with Crippen LogP contribution in [0, 0.1) is 11.3 Å². The predicted octanol–water partition coefficient (Wildman–Crippen LogP) is 1.99. The van der Waals surface area contributed by atoms with E-state index in [1.807, 2.05) is 16.9 Å². The van der Waals surface area contributed by atoms with Crippen molar-refractivity contribution in [2.24, 2.45) is 0 Å². The van der Waals surface area contributed by atoms with Crippen LogP contribution in [0.1, 0.15) is 18.2 Å². The van der Waals surface area contributed by atoms with Gasteiger partial charge in [0.15, 0.2) is 5.16 Å². The Morgan fingerprint density at radius 3 is 3.17 bits per heavy atom. The average Bonchev–Trinajstić information content (AvgIpc) is 3.03. The van der Waals surface area contributed by atoms with Crippen LogP contribution in [0.3, 0.4) is 0 Å². The molecule has 0 aromatic carbocycles. The molecule has 5 nitrogen and oxygen atoms in total. The van der Waals surface area contributed by atoms with Gasteiger partial charge in [0.1, 0.15) is 17.4 Å². The van der Waals surface area contributed by atoms with E-state index in [1.54, 1.807) is 6.20 Å². The van der Waals surface area contributed by atoms with Crippen LogP contribution >= 0.6 is 11.8 Å². The standard InChI is InChI=1S/C12H12N4OS/c1-18-12-14-6-8-4-10(5-13)16(11(8)15-12)9-2-3-17-7-9/h4,6,9H,2-3,7H2,1H3/t9-/m1/s1. The van der Waals surface area contributed by atoms with Gasteiger partial charge in [-0.05, 0) is 18.7 Å². The van der Waals surface area contributed by atoms with E-state index >= 15 is 0 Å². The third kappa shape index (κ3) is 1.76. The maximum atomic E-state index is 9.24. The van der Waals surface area contributed by atoms with Crippen LogP contribution in [0.5, 0.6) is 0 Å². The second-order valence-corrected chi connectivity index (χ2v) is 4.94. The topological polar surface area (TPSA) is 63.7 Å². The van der Waals surface area contributed by atoms with Crippen molar-refractivity contribution < 1.29 is 4.74 Å². The molecule has 0 amide bonds. The second kappa shape index (κ2) is 4.59. The molecule has 0 spiro atoms. The molecule has 0 unspecified atom stereocenters. The van der Waals surface area contributed by atoms with Crippen molar-refractivity contribution in [2.75, 3.05) is 19.5 Å². The highest BCUT2D eigenvalue weighted by atomic mass is 32.2. The molecule has 6 heteroatoms. The molecule has 3 heterocycles. The van der Waals surface area contributed by atoms with E-state index in [1.165, 1.54) is 11.8 Å². The first-order valence-electron chi connectivity index (χ1n) is 5.73. The van der Waals surface area contributed by atoms with Crippen molar-refractivity contribution in [3.8, 4) is 6.07 Å². The Kier molecular flexibility index (Phi) is 2.94. The summed E-state index contributed by atoms with van der Waals surface area (Å²) in [7, 11) is 0. The number of aromatic nitrogens is 3. The van der Waals surface area contributed by atoms with Crippen LogP contribution in [0.2, 0.25) is 0 Å². The minimum atomic E-state index is 0.210. The number of hydrogen-bond donors (Lipinski definition) is 0. The Labute approximate surface area is 109 Å². The lowest BCUT2D eigenvalue weighted by atomic mass is 10.2. The molecular formula is C12H12N4OS. The highest BCUT2D eigenvalue weighted by Gasteiger charge is 2.23. The summed E-state index contributed by atoms with van der Waals surface area (Å²) in [5.74, 6) is 0. The van der Waals surface area contributed by atoms with Crippen LogP contribution < -0.4 is 0 Å². The monoisotopic (exact) mass is 260 g/mol. The fraction of sp³-hybridized carbons (Fsp3) is 0.417. The molecule has 0 N–H and O–H groups in total. The first kappa shape index (κ1) is 11.5. The van der Waals surface area contributed by atoms with Crippen LogP contribution in [0.25, 0.3) is 11.0 Å². The molecule has 0 saturated carbocycles. The summed E-state index contributed by atoms with van der Waals surface area (Å²) in [6.07, 6.45) is 4.65. The van der Waals surface area contributed by atoms with E-state index in [9.17, 15) is 5.26 Å². The lowest BCUT2D eigenvalue weighted by Crippen LogP contribution is -2.11. The van der Waals surface area contributed by atoms with E-state index in [4.69, 9.17) is 4.74 Å². The molecule has 1 fully saturated rings. The number of nitriles is 1. The fourth-order valence-corrected chi connectivity index (χ4v) is 2.61. The van der Waals surface area contributed by atoms with Gasteiger partial charge in [0, 0.05) is 18.2 Å². The van der Waals surface area contributed by atoms with Crippen LogP contribution in [0.15, 0.2) is 17.4 Å². The number of fused-ring (bicyclic) bond motifs is 1. The molecule has 2 aromatic heterocycles. The Bertz CT molecular complexity index is 625. The van der Waals surface area contributed by atoms with Gasteiger partial charge in [-0.3, -0.25) is 0 Å². The molecule has 1 atom stereocenters. The third-order valence-electron chi connectivity index (χ3n) is 3.12. The Morgan fingerprint density at radius 1 is 1.61 bits per heavy atom. The number of hydrogen-bond acceptors (Lipinski definition) is 5. The third-order valence-corrected chi connectivity index (χ3v) is 3.68. The fourth-order valence-electron chi connectivity index (χ4n) is 2.27. The van der Waals surface area contributed by atoms with Crippen molar-refractivity contribution in [2.45, 2.75) is 17.6 Å². The maximum absolute atomic E-state index is 9.24. The highest BCUT2D eigenvalue weighted by Crippen LogP contribution is 2.28. The zero-order chi connectivity index (χ0) is 12.5. The summed E-state index contributed by atoms with van der Waals surface area (Å²) in [6, 6.07) is 4.29. The van der Waals surface area contributed by atoms with Gasteiger partial charge in [-0.2, -0.15) is 5.26 Å². The first-order chi connectivity index (χ1) is 8.83. The lowest BCUT2D eigenvalue weighted by molar-refractivity contribution is 0.187. The molecule has 1 aliphatic heterocycles. The zero-order valence-corrected chi connectivity index (χ0v) is 10.8.